The number of hydrogen-bond donors (Lipinski definition) is 2. The number of aromatic amines is 1. The lowest BCUT2D eigenvalue weighted by Crippen LogP contribution is -2.52. The van der Waals surface area contributed by atoms with Gasteiger partial charge in [-0.15, -0.1) is 0 Å². The number of likely N-dealkylation sites (tertiary alicyclic amines) is 1. The molecule has 0 saturated carbocycles. The van der Waals surface area contributed by atoms with Crippen LogP contribution < -0.4 is 5.73 Å². The van der Waals surface area contributed by atoms with Crippen LogP contribution in [0.2, 0.25) is 0 Å². The number of nitrogens with one attached hydrogen (secondary N) is 1. The highest BCUT2D eigenvalue weighted by atomic mass is 15.2. The maximum Gasteiger partial charge on any atom is 0.0461 e. The highest BCUT2D eigenvalue weighted by molar-refractivity contribution is 5.89. The van der Waals surface area contributed by atoms with E-state index in [-0.39, 0.29) is 0 Å². The molecule has 1 aromatic carbocycles. The Morgan fingerprint density at radius 3 is 3.05 bits per heavy atom. The Bertz CT molecular complexity index is 643. The van der Waals surface area contributed by atoms with Gasteiger partial charge in [-0.3, -0.25) is 0 Å². The number of piperidine rings is 1. The summed E-state index contributed by atoms with van der Waals surface area (Å²) < 4.78 is 0. The average molecular weight is 255 g/mol. The van der Waals surface area contributed by atoms with Crippen LogP contribution in [0.1, 0.15) is 29.2 Å². The minimum Gasteiger partial charge on any atom is -0.358 e. The monoisotopic (exact) mass is 255 g/mol. The molecule has 0 bridgehead atoms. The Morgan fingerprint density at radius 1 is 1.37 bits per heavy atom. The van der Waals surface area contributed by atoms with Crippen molar-refractivity contribution in [3.05, 3.63) is 35.0 Å². The van der Waals surface area contributed by atoms with Gasteiger partial charge in [0.25, 0.3) is 0 Å². The molecule has 2 aromatic rings. The summed E-state index contributed by atoms with van der Waals surface area (Å²) in [6.45, 7) is 3.23. The topological polar surface area (TPSA) is 45.1 Å². The van der Waals surface area contributed by atoms with Crippen molar-refractivity contribution in [1.29, 1.82) is 0 Å². The van der Waals surface area contributed by atoms with Crippen LogP contribution in [0.4, 0.5) is 0 Å². The molecule has 3 heteroatoms. The quantitative estimate of drug-likeness (QED) is 0.757. The third-order valence-electron chi connectivity index (χ3n) is 5.10. The summed E-state index contributed by atoms with van der Waals surface area (Å²) in [4.78, 5) is 6.01. The highest BCUT2D eigenvalue weighted by Gasteiger charge is 2.38. The van der Waals surface area contributed by atoms with Gasteiger partial charge in [0, 0.05) is 41.1 Å². The van der Waals surface area contributed by atoms with E-state index in [1.165, 1.54) is 27.7 Å². The van der Waals surface area contributed by atoms with Crippen molar-refractivity contribution >= 4 is 10.9 Å². The van der Waals surface area contributed by atoms with E-state index >= 15 is 0 Å². The van der Waals surface area contributed by atoms with Gasteiger partial charge < -0.3 is 15.6 Å². The van der Waals surface area contributed by atoms with Crippen LogP contribution in [-0.2, 0) is 6.42 Å². The van der Waals surface area contributed by atoms with Crippen LogP contribution in [0.3, 0.4) is 0 Å². The second kappa shape index (κ2) is 3.84. The number of aromatic nitrogens is 1. The molecule has 3 nitrogen and oxygen atoms in total. The average Bonchev–Trinajstić information content (AvgIpc) is 2.69. The molecule has 1 aromatic heterocycles. The molecular weight excluding hydrogens is 234 g/mol. The molecule has 100 valence electrons. The number of nitrogens with two attached hydrogens (primary N) is 1. The Hall–Kier alpha value is -1.32. The molecule has 2 heterocycles. The highest BCUT2D eigenvalue weighted by Crippen LogP contribution is 2.43. The van der Waals surface area contributed by atoms with Gasteiger partial charge in [0.15, 0.2) is 0 Å². The molecule has 1 fully saturated rings. The molecule has 0 amide bonds. The zero-order chi connectivity index (χ0) is 13.1. The van der Waals surface area contributed by atoms with E-state index in [1.807, 2.05) is 0 Å². The largest absolute Gasteiger partial charge is 0.358 e. The SMILES string of the molecule is Cc1[nH]c2cccc3c2c1C[C@@H]1C3C[C@H](N)CN1C. The second-order valence-corrected chi connectivity index (χ2v) is 6.31. The van der Waals surface area contributed by atoms with Crippen molar-refractivity contribution in [1.82, 2.24) is 9.88 Å². The molecule has 3 N–H and O–H groups in total. The molecule has 1 saturated heterocycles. The fourth-order valence-corrected chi connectivity index (χ4v) is 4.25. The Kier molecular flexibility index (Phi) is 2.32. The van der Waals surface area contributed by atoms with Gasteiger partial charge in [-0.2, -0.15) is 0 Å². The lowest BCUT2D eigenvalue weighted by atomic mass is 9.74. The fourth-order valence-electron chi connectivity index (χ4n) is 4.25. The minimum atomic E-state index is 0.308. The molecular formula is C16H21N3. The van der Waals surface area contributed by atoms with Crippen molar-refractivity contribution in [2.24, 2.45) is 5.73 Å². The van der Waals surface area contributed by atoms with E-state index in [9.17, 15) is 0 Å². The van der Waals surface area contributed by atoms with Gasteiger partial charge in [0.2, 0.25) is 0 Å². The summed E-state index contributed by atoms with van der Waals surface area (Å²) in [6.07, 6.45) is 2.29. The van der Waals surface area contributed by atoms with Gasteiger partial charge in [0.1, 0.15) is 0 Å². The van der Waals surface area contributed by atoms with Crippen molar-refractivity contribution in [3.8, 4) is 0 Å². The van der Waals surface area contributed by atoms with Crippen LogP contribution in [-0.4, -0.2) is 35.6 Å². The summed E-state index contributed by atoms with van der Waals surface area (Å²) in [5.74, 6) is 0.597. The first-order chi connectivity index (χ1) is 9.15. The number of benzene rings is 1. The van der Waals surface area contributed by atoms with Gasteiger partial charge in [-0.1, -0.05) is 12.1 Å². The predicted molar refractivity (Wildman–Crippen MR) is 78.5 cm³/mol. The molecule has 3 atom stereocenters. The Morgan fingerprint density at radius 2 is 2.21 bits per heavy atom. The van der Waals surface area contributed by atoms with Gasteiger partial charge >= 0.3 is 0 Å². The number of hydrogen-bond acceptors (Lipinski definition) is 2. The smallest absolute Gasteiger partial charge is 0.0461 e. The van der Waals surface area contributed by atoms with E-state index in [1.54, 1.807) is 0 Å². The first-order valence-electron chi connectivity index (χ1n) is 7.21. The minimum absolute atomic E-state index is 0.308. The van der Waals surface area contributed by atoms with Gasteiger partial charge in [0.05, 0.1) is 0 Å². The standard InChI is InChI=1S/C16H21N3/c1-9-12-7-15-13(6-10(17)8-19(15)2)11-4-3-5-14(18-9)16(11)12/h3-5,10,13,15,18H,6-8,17H2,1-2H3/t10-,13?,15+/m0/s1. The number of rotatable bonds is 0. The first kappa shape index (κ1) is 11.5. The molecule has 0 spiro atoms. The van der Waals surface area contributed by atoms with E-state index in [0.717, 1.165) is 19.4 Å². The lowest BCUT2D eigenvalue weighted by Gasteiger charge is -2.44. The maximum absolute atomic E-state index is 6.24. The van der Waals surface area contributed by atoms with Crippen molar-refractivity contribution < 1.29 is 0 Å². The second-order valence-electron chi connectivity index (χ2n) is 6.31. The number of fused-ring (bicyclic) bond motifs is 2. The van der Waals surface area contributed by atoms with Crippen LogP contribution in [0.5, 0.6) is 0 Å². The molecule has 1 aliphatic heterocycles. The maximum atomic E-state index is 6.24. The van der Waals surface area contributed by atoms with E-state index in [2.05, 4.69) is 42.1 Å². The van der Waals surface area contributed by atoms with Crippen LogP contribution in [0.15, 0.2) is 18.2 Å². The molecule has 1 aliphatic carbocycles. The Balaban J connectivity index is 1.95. The third-order valence-corrected chi connectivity index (χ3v) is 5.10. The summed E-state index contributed by atoms with van der Waals surface area (Å²) in [5.41, 5.74) is 11.9. The summed E-state index contributed by atoms with van der Waals surface area (Å²) in [6, 6.07) is 7.61. The van der Waals surface area contributed by atoms with Gasteiger partial charge in [-0.25, -0.2) is 0 Å². The zero-order valence-electron chi connectivity index (χ0n) is 11.6. The van der Waals surface area contributed by atoms with Crippen molar-refractivity contribution in [2.45, 2.75) is 37.8 Å². The predicted octanol–water partition coefficient (Wildman–Crippen LogP) is 2.15. The van der Waals surface area contributed by atoms with Crippen LogP contribution in [0, 0.1) is 6.92 Å². The molecule has 4 rings (SSSR count). The zero-order valence-corrected chi connectivity index (χ0v) is 11.6. The molecule has 1 unspecified atom stereocenters. The van der Waals surface area contributed by atoms with Crippen molar-refractivity contribution in [2.75, 3.05) is 13.6 Å². The van der Waals surface area contributed by atoms with Crippen LogP contribution >= 0.6 is 0 Å². The van der Waals surface area contributed by atoms with Crippen LogP contribution in [0.25, 0.3) is 10.9 Å². The number of aryl methyl sites for hydroxylation is 1. The molecule has 2 aliphatic rings. The molecule has 0 radical (unpaired) electrons. The van der Waals surface area contributed by atoms with Crippen molar-refractivity contribution in [3.63, 3.8) is 0 Å². The Labute approximate surface area is 113 Å². The van der Waals surface area contributed by atoms with E-state index < -0.39 is 0 Å². The number of nitrogens with zero attached hydrogens (tertiary/aromatic N) is 1. The fraction of sp³-hybridized carbons (Fsp3) is 0.500. The molecule has 19 heavy (non-hydrogen) atoms. The lowest BCUT2D eigenvalue weighted by molar-refractivity contribution is 0.141. The normalized spacial score (nSPS) is 30.6. The number of likely N-dealkylation sites (N-methyl/N-ethyl adjacent to an activating group) is 1. The number of H-pyrrole nitrogens is 1. The summed E-state index contributed by atoms with van der Waals surface area (Å²) >= 11 is 0. The summed E-state index contributed by atoms with van der Waals surface area (Å²) in [5, 5.41) is 1.48. The van der Waals surface area contributed by atoms with E-state index in [0.29, 0.717) is 18.0 Å². The third kappa shape index (κ3) is 1.52. The van der Waals surface area contributed by atoms with Gasteiger partial charge in [-0.05, 0) is 44.0 Å². The summed E-state index contributed by atoms with van der Waals surface area (Å²) in [7, 11) is 2.23. The first-order valence-corrected chi connectivity index (χ1v) is 7.21. The van der Waals surface area contributed by atoms with E-state index in [4.69, 9.17) is 5.73 Å².